The molecule has 1 N–H and O–H groups in total. The van der Waals surface area contributed by atoms with Gasteiger partial charge in [-0.2, -0.15) is 0 Å². The third-order valence-corrected chi connectivity index (χ3v) is 4.05. The molecule has 4 nitrogen and oxygen atoms in total. The number of nitrogens with one attached hydrogen (secondary N) is 1. The molecule has 24 heavy (non-hydrogen) atoms. The van der Waals surface area contributed by atoms with E-state index >= 15 is 0 Å². The van der Waals surface area contributed by atoms with Crippen molar-refractivity contribution in [3.05, 3.63) is 65.9 Å². The maximum Gasteiger partial charge on any atom is 0.220 e. The molecule has 0 radical (unpaired) electrons. The molecule has 0 saturated carbocycles. The number of hydrogen-bond donors (Lipinski definition) is 1. The minimum Gasteiger partial charge on any atom is -0.497 e. The Morgan fingerprint density at radius 2 is 1.92 bits per heavy atom. The van der Waals surface area contributed by atoms with Crippen LogP contribution < -0.4 is 10.1 Å². The second-order valence-corrected chi connectivity index (χ2v) is 5.82. The van der Waals surface area contributed by atoms with Crippen LogP contribution in [0.5, 0.6) is 5.75 Å². The lowest BCUT2D eigenvalue weighted by molar-refractivity contribution is -0.121. The lowest BCUT2D eigenvalue weighted by atomic mass is 10.1. The summed E-state index contributed by atoms with van der Waals surface area (Å²) in [5, 5.41) is 4.04. The third kappa shape index (κ3) is 3.77. The van der Waals surface area contributed by atoms with Gasteiger partial charge in [-0.15, -0.1) is 0 Å². The molecule has 2 aromatic carbocycles. The van der Waals surface area contributed by atoms with Gasteiger partial charge in [-0.25, -0.2) is 0 Å². The number of rotatable bonds is 6. The van der Waals surface area contributed by atoms with Gasteiger partial charge in [-0.3, -0.25) is 4.79 Å². The van der Waals surface area contributed by atoms with Crippen LogP contribution in [0.4, 0.5) is 0 Å². The Balaban J connectivity index is 1.55. The van der Waals surface area contributed by atoms with Crippen molar-refractivity contribution in [2.45, 2.75) is 25.8 Å². The number of carbonyl (C=O) groups is 1. The number of methoxy groups -OCH3 is 1. The number of carbonyl (C=O) groups excluding carboxylic acids is 1. The van der Waals surface area contributed by atoms with Gasteiger partial charge in [0.1, 0.15) is 17.1 Å². The summed E-state index contributed by atoms with van der Waals surface area (Å²) in [5.41, 5.74) is 1.95. The monoisotopic (exact) mass is 323 g/mol. The zero-order chi connectivity index (χ0) is 16.9. The number of benzene rings is 2. The molecule has 1 heterocycles. The molecular formula is C20H21NO3. The summed E-state index contributed by atoms with van der Waals surface area (Å²) >= 11 is 0. The zero-order valence-electron chi connectivity index (χ0n) is 13.9. The van der Waals surface area contributed by atoms with E-state index in [1.165, 1.54) is 0 Å². The summed E-state index contributed by atoms with van der Waals surface area (Å²) in [7, 11) is 1.64. The highest BCUT2D eigenvalue weighted by Crippen LogP contribution is 2.23. The highest BCUT2D eigenvalue weighted by molar-refractivity contribution is 5.79. The van der Waals surface area contributed by atoms with Gasteiger partial charge in [0.2, 0.25) is 5.91 Å². The number of para-hydroxylation sites is 1. The third-order valence-electron chi connectivity index (χ3n) is 4.05. The number of ether oxygens (including phenoxy) is 1. The first-order valence-corrected chi connectivity index (χ1v) is 8.06. The first-order chi connectivity index (χ1) is 11.7. The quantitative estimate of drug-likeness (QED) is 0.738. The van der Waals surface area contributed by atoms with Crippen molar-refractivity contribution >= 4 is 16.9 Å². The van der Waals surface area contributed by atoms with E-state index in [-0.39, 0.29) is 11.9 Å². The van der Waals surface area contributed by atoms with Crippen molar-refractivity contribution < 1.29 is 13.9 Å². The van der Waals surface area contributed by atoms with E-state index in [0.717, 1.165) is 28.0 Å². The number of furan rings is 1. The number of fused-ring (bicyclic) bond motifs is 1. The van der Waals surface area contributed by atoms with E-state index in [2.05, 4.69) is 5.32 Å². The maximum atomic E-state index is 12.2. The molecule has 0 aliphatic carbocycles. The van der Waals surface area contributed by atoms with E-state index in [1.54, 1.807) is 7.11 Å². The zero-order valence-corrected chi connectivity index (χ0v) is 13.9. The van der Waals surface area contributed by atoms with Crippen LogP contribution in [0.15, 0.2) is 59.0 Å². The summed E-state index contributed by atoms with van der Waals surface area (Å²) in [5.74, 6) is 1.61. The van der Waals surface area contributed by atoms with Crippen LogP contribution in [0.1, 0.15) is 30.7 Å². The van der Waals surface area contributed by atoms with E-state index in [4.69, 9.17) is 9.15 Å². The predicted octanol–water partition coefficient (Wildman–Crippen LogP) is 4.25. The summed E-state index contributed by atoms with van der Waals surface area (Å²) in [6, 6.07) is 17.4. The van der Waals surface area contributed by atoms with Crippen LogP contribution in [0.2, 0.25) is 0 Å². The van der Waals surface area contributed by atoms with E-state index < -0.39 is 0 Å². The van der Waals surface area contributed by atoms with Crippen molar-refractivity contribution in [2.24, 2.45) is 0 Å². The van der Waals surface area contributed by atoms with Gasteiger partial charge in [0, 0.05) is 11.8 Å². The number of aryl methyl sites for hydroxylation is 1. The molecule has 3 rings (SSSR count). The highest BCUT2D eigenvalue weighted by Gasteiger charge is 2.14. The Kier molecular flexibility index (Phi) is 4.85. The van der Waals surface area contributed by atoms with Crippen LogP contribution in [-0.2, 0) is 11.2 Å². The molecule has 0 spiro atoms. The van der Waals surface area contributed by atoms with Crippen LogP contribution in [-0.4, -0.2) is 13.0 Å². The average Bonchev–Trinajstić information content (AvgIpc) is 3.05. The van der Waals surface area contributed by atoms with Gasteiger partial charge in [0.25, 0.3) is 0 Å². The molecular weight excluding hydrogens is 302 g/mol. The normalized spacial score (nSPS) is 12.1. The smallest absolute Gasteiger partial charge is 0.220 e. The molecule has 0 saturated heterocycles. The van der Waals surface area contributed by atoms with Gasteiger partial charge in [-0.1, -0.05) is 30.3 Å². The largest absolute Gasteiger partial charge is 0.497 e. The topological polar surface area (TPSA) is 51.5 Å². The Hall–Kier alpha value is -2.75. The molecule has 1 unspecified atom stereocenters. The molecule has 4 heteroatoms. The molecule has 0 aliphatic heterocycles. The lowest BCUT2D eigenvalue weighted by Gasteiger charge is -2.11. The second-order valence-electron chi connectivity index (χ2n) is 5.82. The van der Waals surface area contributed by atoms with E-state index in [0.29, 0.717) is 12.8 Å². The fraction of sp³-hybridized carbons (Fsp3) is 0.250. The van der Waals surface area contributed by atoms with E-state index in [9.17, 15) is 4.79 Å². The molecule has 1 atom stereocenters. The molecule has 124 valence electrons. The first-order valence-electron chi connectivity index (χ1n) is 8.06. The van der Waals surface area contributed by atoms with Gasteiger partial charge >= 0.3 is 0 Å². The van der Waals surface area contributed by atoms with Crippen LogP contribution in [0, 0.1) is 0 Å². The predicted molar refractivity (Wildman–Crippen MR) is 94.1 cm³/mol. The van der Waals surface area contributed by atoms with Gasteiger partial charge < -0.3 is 14.5 Å². The van der Waals surface area contributed by atoms with E-state index in [1.807, 2.05) is 61.5 Å². The van der Waals surface area contributed by atoms with Crippen LogP contribution in [0.3, 0.4) is 0 Å². The van der Waals surface area contributed by atoms with Gasteiger partial charge in [0.05, 0.1) is 13.2 Å². The standard InChI is InChI=1S/C20H21NO3/c1-14(19-13-16-5-3-4-6-18(16)24-19)21-20(22)12-9-15-7-10-17(23-2)11-8-15/h3-8,10-11,13-14H,9,12H2,1-2H3,(H,21,22). The number of hydrogen-bond acceptors (Lipinski definition) is 3. The summed E-state index contributed by atoms with van der Waals surface area (Å²) in [6.45, 7) is 1.93. The van der Waals surface area contributed by atoms with Gasteiger partial charge in [0.15, 0.2) is 0 Å². The highest BCUT2D eigenvalue weighted by atomic mass is 16.5. The Morgan fingerprint density at radius 1 is 1.17 bits per heavy atom. The summed E-state index contributed by atoms with van der Waals surface area (Å²) < 4.78 is 10.9. The molecule has 0 bridgehead atoms. The first kappa shape index (κ1) is 16.1. The van der Waals surface area contributed by atoms with Crippen molar-refractivity contribution in [3.63, 3.8) is 0 Å². The lowest BCUT2D eigenvalue weighted by Crippen LogP contribution is -2.26. The fourth-order valence-corrected chi connectivity index (χ4v) is 2.65. The molecule has 1 aromatic heterocycles. The van der Waals surface area contributed by atoms with Crippen molar-refractivity contribution in [2.75, 3.05) is 7.11 Å². The maximum absolute atomic E-state index is 12.2. The summed E-state index contributed by atoms with van der Waals surface area (Å²) in [4.78, 5) is 12.2. The van der Waals surface area contributed by atoms with Crippen LogP contribution in [0.25, 0.3) is 11.0 Å². The molecule has 1 amide bonds. The number of amides is 1. The Bertz CT molecular complexity index is 787. The summed E-state index contributed by atoms with van der Waals surface area (Å²) in [6.07, 6.45) is 1.14. The van der Waals surface area contributed by atoms with Gasteiger partial charge in [-0.05, 0) is 43.2 Å². The van der Waals surface area contributed by atoms with Crippen molar-refractivity contribution in [1.29, 1.82) is 0 Å². The SMILES string of the molecule is COc1ccc(CCC(=O)NC(C)c2cc3ccccc3o2)cc1. The van der Waals surface area contributed by atoms with Crippen molar-refractivity contribution in [3.8, 4) is 5.75 Å². The minimum absolute atomic E-state index is 0.0128. The van der Waals surface area contributed by atoms with Crippen LogP contribution >= 0.6 is 0 Å². The fourth-order valence-electron chi connectivity index (χ4n) is 2.65. The molecule has 3 aromatic rings. The Labute approximate surface area is 141 Å². The van der Waals surface area contributed by atoms with Crippen molar-refractivity contribution in [1.82, 2.24) is 5.32 Å². The molecule has 0 aliphatic rings. The second kappa shape index (κ2) is 7.21. The Morgan fingerprint density at radius 3 is 2.62 bits per heavy atom. The molecule has 0 fully saturated rings. The minimum atomic E-state index is -0.152. The average molecular weight is 323 g/mol.